The van der Waals surface area contributed by atoms with Crippen LogP contribution in [0.25, 0.3) is 0 Å². The first kappa shape index (κ1) is 17.0. The molecule has 0 unspecified atom stereocenters. The van der Waals surface area contributed by atoms with Crippen LogP contribution >= 0.6 is 0 Å². The molecule has 1 aromatic rings. The summed E-state index contributed by atoms with van der Waals surface area (Å²) in [6.07, 6.45) is -0.278. The van der Waals surface area contributed by atoms with Gasteiger partial charge in [0, 0.05) is 19.5 Å². The van der Waals surface area contributed by atoms with E-state index >= 15 is 0 Å². The van der Waals surface area contributed by atoms with Crippen molar-refractivity contribution in [1.29, 1.82) is 0 Å². The number of alkyl carbamates (subject to hydrolysis) is 1. The van der Waals surface area contributed by atoms with Crippen LogP contribution in [-0.4, -0.2) is 24.1 Å². The van der Waals surface area contributed by atoms with Crippen molar-refractivity contribution in [3.05, 3.63) is 35.4 Å². The summed E-state index contributed by atoms with van der Waals surface area (Å²) in [4.78, 5) is 23.0. The highest BCUT2D eigenvalue weighted by molar-refractivity contribution is 5.77. The molecule has 0 aliphatic heterocycles. The lowest BCUT2D eigenvalue weighted by atomic mass is 10.1. The van der Waals surface area contributed by atoms with E-state index in [1.807, 2.05) is 31.2 Å². The molecule has 0 aromatic heterocycles. The molecule has 2 N–H and O–H groups in total. The Bertz CT molecular complexity index is 475. The van der Waals surface area contributed by atoms with E-state index in [1.54, 1.807) is 20.8 Å². The number of rotatable bonds is 5. The molecule has 5 heteroatoms. The second-order valence-corrected chi connectivity index (χ2v) is 5.94. The monoisotopic (exact) mass is 292 g/mol. The molecule has 0 spiro atoms. The van der Waals surface area contributed by atoms with Crippen LogP contribution in [0, 0.1) is 6.92 Å². The van der Waals surface area contributed by atoms with Crippen LogP contribution < -0.4 is 10.6 Å². The Hall–Kier alpha value is -2.04. The maximum absolute atomic E-state index is 11.6. The molecule has 0 aliphatic rings. The topological polar surface area (TPSA) is 67.4 Å². The third-order valence-corrected chi connectivity index (χ3v) is 2.63. The predicted molar refractivity (Wildman–Crippen MR) is 81.9 cm³/mol. The number of amides is 2. The molecule has 0 saturated heterocycles. The number of carbonyl (C=O) groups is 2. The minimum absolute atomic E-state index is 0.105. The Morgan fingerprint density at radius 3 is 2.29 bits per heavy atom. The van der Waals surface area contributed by atoms with Gasteiger partial charge in [0.2, 0.25) is 5.91 Å². The summed E-state index contributed by atoms with van der Waals surface area (Å²) in [7, 11) is 0. The summed E-state index contributed by atoms with van der Waals surface area (Å²) in [5, 5.41) is 5.36. The zero-order valence-electron chi connectivity index (χ0n) is 13.2. The van der Waals surface area contributed by atoms with Gasteiger partial charge in [0.25, 0.3) is 0 Å². The van der Waals surface area contributed by atoms with E-state index in [0.717, 1.165) is 5.56 Å². The zero-order chi connectivity index (χ0) is 15.9. The first-order valence-electron chi connectivity index (χ1n) is 7.05. The van der Waals surface area contributed by atoms with Crippen molar-refractivity contribution in [2.24, 2.45) is 0 Å². The Labute approximate surface area is 126 Å². The van der Waals surface area contributed by atoms with Gasteiger partial charge in [0.05, 0.1) is 0 Å². The lowest BCUT2D eigenvalue weighted by molar-refractivity contribution is -0.121. The number of carbonyl (C=O) groups excluding carboxylic acids is 2. The lowest BCUT2D eigenvalue weighted by Crippen LogP contribution is -2.35. The van der Waals surface area contributed by atoms with Crippen LogP contribution in [0.3, 0.4) is 0 Å². The Morgan fingerprint density at radius 1 is 1.10 bits per heavy atom. The van der Waals surface area contributed by atoms with E-state index in [4.69, 9.17) is 4.74 Å². The van der Waals surface area contributed by atoms with Crippen molar-refractivity contribution < 1.29 is 14.3 Å². The van der Waals surface area contributed by atoms with Gasteiger partial charge in [-0.3, -0.25) is 4.79 Å². The third-order valence-electron chi connectivity index (χ3n) is 2.63. The number of aryl methyl sites for hydroxylation is 1. The van der Waals surface area contributed by atoms with E-state index in [0.29, 0.717) is 6.54 Å². The second-order valence-electron chi connectivity index (χ2n) is 5.94. The third kappa shape index (κ3) is 7.97. The molecule has 0 aliphatic carbocycles. The number of hydrogen-bond donors (Lipinski definition) is 2. The van der Waals surface area contributed by atoms with E-state index < -0.39 is 11.7 Å². The van der Waals surface area contributed by atoms with Crippen molar-refractivity contribution in [3.63, 3.8) is 0 Å². The quantitative estimate of drug-likeness (QED) is 0.876. The zero-order valence-corrected chi connectivity index (χ0v) is 13.2. The maximum atomic E-state index is 11.6. The largest absolute Gasteiger partial charge is 0.444 e. The average Bonchev–Trinajstić information content (AvgIpc) is 2.36. The summed E-state index contributed by atoms with van der Waals surface area (Å²) in [6, 6.07) is 7.97. The Kier molecular flexibility index (Phi) is 6.21. The molecule has 1 aromatic carbocycles. The highest BCUT2D eigenvalue weighted by Crippen LogP contribution is 2.06. The van der Waals surface area contributed by atoms with Crippen molar-refractivity contribution in [2.45, 2.75) is 46.3 Å². The highest BCUT2D eigenvalue weighted by Gasteiger charge is 2.15. The summed E-state index contributed by atoms with van der Waals surface area (Å²) in [5.74, 6) is -0.105. The van der Waals surface area contributed by atoms with Crippen LogP contribution in [0.4, 0.5) is 4.79 Å². The van der Waals surface area contributed by atoms with Crippen molar-refractivity contribution in [3.8, 4) is 0 Å². The minimum atomic E-state index is -0.530. The van der Waals surface area contributed by atoms with Gasteiger partial charge < -0.3 is 15.4 Å². The Balaban J connectivity index is 2.19. The number of benzene rings is 1. The van der Waals surface area contributed by atoms with Crippen molar-refractivity contribution in [1.82, 2.24) is 10.6 Å². The number of nitrogens with one attached hydrogen (secondary N) is 2. The molecule has 0 heterocycles. The molecule has 21 heavy (non-hydrogen) atoms. The van der Waals surface area contributed by atoms with Gasteiger partial charge in [0.15, 0.2) is 0 Å². The highest BCUT2D eigenvalue weighted by atomic mass is 16.6. The van der Waals surface area contributed by atoms with Gasteiger partial charge >= 0.3 is 6.09 Å². The normalized spacial score (nSPS) is 10.9. The molecule has 0 atom stereocenters. The Morgan fingerprint density at radius 2 is 1.71 bits per heavy atom. The van der Waals surface area contributed by atoms with Crippen molar-refractivity contribution >= 4 is 12.0 Å². The fraction of sp³-hybridized carbons (Fsp3) is 0.500. The summed E-state index contributed by atoms with van der Waals surface area (Å²) < 4.78 is 5.08. The molecule has 5 nitrogen and oxygen atoms in total. The van der Waals surface area contributed by atoms with Gasteiger partial charge in [-0.25, -0.2) is 4.79 Å². The van der Waals surface area contributed by atoms with Gasteiger partial charge in [-0.05, 0) is 33.3 Å². The number of ether oxygens (including phenoxy) is 1. The summed E-state index contributed by atoms with van der Waals surface area (Å²) in [6.45, 7) is 8.15. The average molecular weight is 292 g/mol. The minimum Gasteiger partial charge on any atom is -0.444 e. The van der Waals surface area contributed by atoms with Crippen LogP contribution in [-0.2, 0) is 16.1 Å². The molecule has 0 saturated carbocycles. The standard InChI is InChI=1S/C16H24N2O3/c1-12-5-7-13(8-6-12)11-18-14(19)9-10-17-15(20)21-16(2,3)4/h5-8H,9-11H2,1-4H3,(H,17,20)(H,18,19). The fourth-order valence-corrected chi connectivity index (χ4v) is 1.59. The molecule has 0 radical (unpaired) electrons. The molecular weight excluding hydrogens is 268 g/mol. The molecular formula is C16H24N2O3. The van der Waals surface area contributed by atoms with Gasteiger partial charge in [0.1, 0.15) is 5.60 Å². The van der Waals surface area contributed by atoms with Gasteiger partial charge in [-0.1, -0.05) is 29.8 Å². The molecule has 2 amide bonds. The van der Waals surface area contributed by atoms with Crippen LogP contribution in [0.5, 0.6) is 0 Å². The van der Waals surface area contributed by atoms with E-state index in [9.17, 15) is 9.59 Å². The van der Waals surface area contributed by atoms with Crippen LogP contribution in [0.15, 0.2) is 24.3 Å². The molecule has 116 valence electrons. The van der Waals surface area contributed by atoms with E-state index in [1.165, 1.54) is 5.56 Å². The first-order chi connectivity index (χ1) is 9.76. The predicted octanol–water partition coefficient (Wildman–Crippen LogP) is 2.53. The smallest absolute Gasteiger partial charge is 0.407 e. The fourth-order valence-electron chi connectivity index (χ4n) is 1.59. The molecule has 1 rings (SSSR count). The summed E-state index contributed by atoms with van der Waals surface area (Å²) >= 11 is 0. The van der Waals surface area contributed by atoms with E-state index in [2.05, 4.69) is 10.6 Å². The van der Waals surface area contributed by atoms with Gasteiger partial charge in [-0.15, -0.1) is 0 Å². The maximum Gasteiger partial charge on any atom is 0.407 e. The molecule has 0 fully saturated rings. The van der Waals surface area contributed by atoms with Crippen LogP contribution in [0.1, 0.15) is 38.3 Å². The summed E-state index contributed by atoms with van der Waals surface area (Å²) in [5.41, 5.74) is 1.71. The SMILES string of the molecule is Cc1ccc(CNC(=O)CCNC(=O)OC(C)(C)C)cc1. The first-order valence-corrected chi connectivity index (χ1v) is 7.05. The van der Waals surface area contributed by atoms with Crippen LogP contribution in [0.2, 0.25) is 0 Å². The second kappa shape index (κ2) is 7.67. The molecule has 0 bridgehead atoms. The lowest BCUT2D eigenvalue weighted by Gasteiger charge is -2.19. The van der Waals surface area contributed by atoms with E-state index in [-0.39, 0.29) is 18.9 Å². The van der Waals surface area contributed by atoms with Crippen molar-refractivity contribution in [2.75, 3.05) is 6.54 Å². The van der Waals surface area contributed by atoms with Gasteiger partial charge in [-0.2, -0.15) is 0 Å². The number of hydrogen-bond acceptors (Lipinski definition) is 3.